The smallest absolute Gasteiger partial charge is 0.197 e. The summed E-state index contributed by atoms with van der Waals surface area (Å²) in [6.45, 7) is 2.83. The molecule has 0 aliphatic rings. The van der Waals surface area contributed by atoms with Crippen LogP contribution in [0.1, 0.15) is 19.8 Å². The van der Waals surface area contributed by atoms with Crippen LogP contribution in [-0.4, -0.2) is 6.54 Å². The van der Waals surface area contributed by atoms with Crippen LogP contribution >= 0.6 is 0 Å². The average Bonchev–Trinajstić information content (AvgIpc) is 1.81. The first kappa shape index (κ1) is 6.98. The van der Waals surface area contributed by atoms with E-state index in [4.69, 9.17) is 5.26 Å². The number of hydrogen-bond donors (Lipinski definition) is 0. The van der Waals surface area contributed by atoms with Crippen LogP contribution < -0.4 is 0 Å². The van der Waals surface area contributed by atoms with Gasteiger partial charge in [-0.2, -0.15) is 5.26 Å². The third kappa shape index (κ3) is 4.98. The molecule has 0 spiro atoms. The number of hydrogen-bond acceptors (Lipinski definition) is 1. The van der Waals surface area contributed by atoms with E-state index in [1.807, 2.05) is 13.0 Å². The molecule has 0 aromatic carbocycles. The average molecular weight is 109 g/mol. The fourth-order valence-corrected chi connectivity index (χ4v) is 0.282. The molecule has 0 heterocycles. The fraction of sp³-hybridized carbons (Fsp3) is 0.667. The lowest BCUT2D eigenvalue weighted by molar-refractivity contribution is 1.03. The topological polar surface area (TPSA) is 28.1 Å². The Morgan fingerprint density at radius 3 is 2.88 bits per heavy atom. The first-order chi connectivity index (χ1) is 3.91. The molecule has 2 heteroatoms. The highest BCUT2D eigenvalue weighted by Gasteiger charge is 1.83. The Morgan fingerprint density at radius 1 is 1.62 bits per heavy atom. The Labute approximate surface area is 49.6 Å². The van der Waals surface area contributed by atoms with Crippen molar-refractivity contribution in [3.8, 4) is 12.1 Å². The largest absolute Gasteiger partial charge is 0.288 e. The fourth-order valence-electron chi connectivity index (χ4n) is 0.282. The van der Waals surface area contributed by atoms with Gasteiger partial charge in [0.1, 0.15) is 0 Å². The molecule has 0 fully saturated rings. The van der Waals surface area contributed by atoms with E-state index < -0.39 is 0 Å². The minimum absolute atomic E-state index is 0.319. The molecule has 0 aliphatic heterocycles. The molecular formula is C6H9N2+. The van der Waals surface area contributed by atoms with Gasteiger partial charge < -0.3 is 0 Å². The second-order valence-corrected chi connectivity index (χ2v) is 1.37. The maximum atomic E-state index is 7.99. The van der Waals surface area contributed by atoms with Crippen molar-refractivity contribution < 1.29 is 0 Å². The molecule has 0 saturated carbocycles. The van der Waals surface area contributed by atoms with Gasteiger partial charge in [-0.1, -0.05) is 11.8 Å². The van der Waals surface area contributed by atoms with Crippen molar-refractivity contribution >= 4 is 0 Å². The summed E-state index contributed by atoms with van der Waals surface area (Å²) in [4.78, 5) is 3.81. The summed E-state index contributed by atoms with van der Waals surface area (Å²) in [6.07, 6.45) is 1.35. The maximum Gasteiger partial charge on any atom is 0.288 e. The number of nitrogens with zero attached hydrogens (tertiary/aromatic N) is 2. The van der Waals surface area contributed by atoms with Crippen molar-refractivity contribution in [2.24, 2.45) is 0 Å². The van der Waals surface area contributed by atoms with Crippen LogP contribution in [0.15, 0.2) is 0 Å². The quantitative estimate of drug-likeness (QED) is 0.503. The van der Waals surface area contributed by atoms with Gasteiger partial charge in [0.2, 0.25) is 0 Å². The number of rotatable bonds is 1. The molecule has 2 nitrogen and oxygen atoms in total. The normalized spacial score (nSPS) is 6.50. The standard InChI is InChI=1S/C6H9N2/c1-2-5-8-6-3-4-7/h2-3,5H2,1H3/q+1. The molecule has 0 saturated heterocycles. The summed E-state index contributed by atoms with van der Waals surface area (Å²) >= 11 is 0. The van der Waals surface area contributed by atoms with Crippen LogP contribution in [0, 0.1) is 17.4 Å². The molecule has 0 bridgehead atoms. The Balaban J connectivity index is 3.11. The van der Waals surface area contributed by atoms with Gasteiger partial charge in [-0.25, -0.2) is 0 Å². The summed E-state index contributed by atoms with van der Waals surface area (Å²) in [5.74, 6) is 0. The lowest BCUT2D eigenvalue weighted by Crippen LogP contribution is -1.66. The molecule has 0 aliphatic carbocycles. The highest BCUT2D eigenvalue weighted by molar-refractivity contribution is 4.95. The van der Waals surface area contributed by atoms with Crippen LogP contribution in [0.4, 0.5) is 0 Å². The van der Waals surface area contributed by atoms with Crippen molar-refractivity contribution in [3.05, 3.63) is 4.85 Å². The van der Waals surface area contributed by atoms with E-state index in [9.17, 15) is 0 Å². The monoisotopic (exact) mass is 109 g/mol. The van der Waals surface area contributed by atoms with E-state index >= 15 is 0 Å². The van der Waals surface area contributed by atoms with Gasteiger partial charge in [-0.05, 0) is 0 Å². The summed E-state index contributed by atoms with van der Waals surface area (Å²) in [5, 5.41) is 7.99. The Bertz CT molecular complexity index is 133. The van der Waals surface area contributed by atoms with Gasteiger partial charge in [0, 0.05) is 6.42 Å². The summed E-state index contributed by atoms with van der Waals surface area (Å²) in [5.41, 5.74) is 0. The van der Waals surface area contributed by atoms with Crippen molar-refractivity contribution in [1.29, 1.82) is 5.26 Å². The van der Waals surface area contributed by atoms with Gasteiger partial charge in [-0.3, -0.25) is 0 Å². The van der Waals surface area contributed by atoms with Gasteiger partial charge >= 0.3 is 0 Å². The first-order valence-corrected chi connectivity index (χ1v) is 2.68. The van der Waals surface area contributed by atoms with Crippen LogP contribution in [0.3, 0.4) is 0 Å². The molecule has 8 heavy (non-hydrogen) atoms. The van der Waals surface area contributed by atoms with E-state index in [2.05, 4.69) is 10.9 Å². The van der Waals surface area contributed by atoms with Crippen molar-refractivity contribution in [2.75, 3.05) is 6.54 Å². The molecule has 0 N–H and O–H groups in total. The molecular weight excluding hydrogens is 100 g/mol. The Hall–Kier alpha value is -1.02. The van der Waals surface area contributed by atoms with Gasteiger partial charge in [-0.15, -0.1) is 0 Å². The lowest BCUT2D eigenvalue weighted by atomic mass is 10.5. The number of nitriles is 1. The molecule has 0 atom stereocenters. The molecule has 42 valence electrons. The van der Waals surface area contributed by atoms with Crippen molar-refractivity contribution in [3.63, 3.8) is 0 Å². The van der Waals surface area contributed by atoms with Crippen LogP contribution in [0.25, 0.3) is 4.85 Å². The zero-order valence-corrected chi connectivity index (χ0v) is 5.02. The second kappa shape index (κ2) is 5.98. The van der Waals surface area contributed by atoms with E-state index in [1.165, 1.54) is 0 Å². The Morgan fingerprint density at radius 2 is 2.38 bits per heavy atom. The van der Waals surface area contributed by atoms with Crippen LogP contribution in [0.2, 0.25) is 0 Å². The molecule has 0 aromatic heterocycles. The van der Waals surface area contributed by atoms with E-state index in [-0.39, 0.29) is 0 Å². The zero-order chi connectivity index (χ0) is 6.24. The molecule has 0 rings (SSSR count). The second-order valence-electron chi connectivity index (χ2n) is 1.37. The molecule has 0 aromatic rings. The SMILES string of the molecule is CCC[N+]#CCC#N. The predicted octanol–water partition coefficient (Wildman–Crippen LogP) is 1.64. The van der Waals surface area contributed by atoms with Gasteiger partial charge in [0.25, 0.3) is 12.6 Å². The van der Waals surface area contributed by atoms with E-state index in [0.717, 1.165) is 13.0 Å². The minimum Gasteiger partial charge on any atom is -0.197 e. The predicted molar refractivity (Wildman–Crippen MR) is 32.6 cm³/mol. The van der Waals surface area contributed by atoms with E-state index in [0.29, 0.717) is 6.42 Å². The zero-order valence-electron chi connectivity index (χ0n) is 5.02. The highest BCUT2D eigenvalue weighted by atomic mass is 14.6. The summed E-state index contributed by atoms with van der Waals surface area (Å²) in [6, 6.07) is 4.52. The third-order valence-corrected chi connectivity index (χ3v) is 0.605. The lowest BCUT2D eigenvalue weighted by Gasteiger charge is -1.60. The van der Waals surface area contributed by atoms with Gasteiger partial charge in [0.15, 0.2) is 6.42 Å². The highest BCUT2D eigenvalue weighted by Crippen LogP contribution is 1.77. The Kier molecular flexibility index (Phi) is 5.22. The van der Waals surface area contributed by atoms with Gasteiger partial charge in [0.05, 0.1) is 6.07 Å². The molecule has 0 amide bonds. The van der Waals surface area contributed by atoms with Crippen molar-refractivity contribution in [2.45, 2.75) is 19.8 Å². The van der Waals surface area contributed by atoms with Crippen LogP contribution in [0.5, 0.6) is 0 Å². The minimum atomic E-state index is 0.319. The van der Waals surface area contributed by atoms with Crippen LogP contribution in [-0.2, 0) is 0 Å². The molecule has 0 unspecified atom stereocenters. The summed E-state index contributed by atoms with van der Waals surface area (Å²) in [7, 11) is 0. The third-order valence-electron chi connectivity index (χ3n) is 0.605. The maximum absolute atomic E-state index is 7.99. The molecule has 0 radical (unpaired) electrons. The summed E-state index contributed by atoms with van der Waals surface area (Å²) < 4.78 is 0. The first-order valence-electron chi connectivity index (χ1n) is 2.68. The van der Waals surface area contributed by atoms with Crippen molar-refractivity contribution in [1.82, 2.24) is 0 Å². The van der Waals surface area contributed by atoms with E-state index in [1.54, 1.807) is 0 Å².